The van der Waals surface area contributed by atoms with Crippen LogP contribution in [0, 0.1) is 0 Å². The SMILES string of the molecule is O=C(O)CC[C@H](NC(=O)[C@H](CNC(=O)c1ccc2c(c1)B(O)OCC2)NC(=O)c1ccc2c(c1)B(O)OCC2)C(=O)O. The molecule has 0 saturated carbocycles. The van der Waals surface area contributed by atoms with Gasteiger partial charge in [0, 0.05) is 37.3 Å². The Morgan fingerprint density at radius 3 is 1.86 bits per heavy atom. The third-order valence-electron chi connectivity index (χ3n) is 6.99. The van der Waals surface area contributed by atoms with Gasteiger partial charge in [-0.3, -0.25) is 19.2 Å². The van der Waals surface area contributed by atoms with E-state index in [4.69, 9.17) is 14.4 Å². The number of hydrogen-bond donors (Lipinski definition) is 7. The van der Waals surface area contributed by atoms with Crippen LogP contribution in [0.15, 0.2) is 36.4 Å². The van der Waals surface area contributed by atoms with Crippen LogP contribution in [-0.4, -0.2) is 96.0 Å². The summed E-state index contributed by atoms with van der Waals surface area (Å²) in [6, 6.07) is 6.17. The zero-order valence-electron chi connectivity index (χ0n) is 22.4. The largest absolute Gasteiger partial charge is 0.491 e. The molecule has 0 spiro atoms. The first kappa shape index (κ1) is 30.7. The molecule has 14 nitrogen and oxygen atoms in total. The van der Waals surface area contributed by atoms with Crippen molar-refractivity contribution in [1.82, 2.24) is 16.0 Å². The smallest absolute Gasteiger partial charge is 0.481 e. The normalized spacial score (nSPS) is 15.5. The molecule has 4 rings (SSSR count). The summed E-state index contributed by atoms with van der Waals surface area (Å²) in [5.41, 5.74) is 2.65. The Morgan fingerprint density at radius 2 is 1.33 bits per heavy atom. The molecule has 0 fully saturated rings. The predicted molar refractivity (Wildman–Crippen MR) is 147 cm³/mol. The summed E-state index contributed by atoms with van der Waals surface area (Å²) in [6.07, 6.45) is 0.148. The van der Waals surface area contributed by atoms with Gasteiger partial charge in [-0.25, -0.2) is 4.79 Å². The van der Waals surface area contributed by atoms with Gasteiger partial charge in [0.1, 0.15) is 12.1 Å². The number of nitrogens with one attached hydrogen (secondary N) is 3. The standard InChI is InChI=1S/C26H29B2N3O11/c32-22(33)6-5-20(26(37)38)30-25(36)21(31-24(35)17-4-2-15-8-10-42-28(40)19(15)12-17)13-29-23(34)16-3-1-14-7-9-41-27(39)18(14)11-16/h1-4,11-12,20-21,39-40H,5-10,13H2,(H,29,34)(H,30,36)(H,31,35)(H,32,33)(H,37,38)/t20-,21-/m0/s1. The van der Waals surface area contributed by atoms with Crippen molar-refractivity contribution < 1.29 is 53.5 Å². The Bertz CT molecular complexity index is 1390. The van der Waals surface area contributed by atoms with Crippen molar-refractivity contribution in [3.05, 3.63) is 58.7 Å². The molecule has 0 bridgehead atoms. The third-order valence-corrected chi connectivity index (χ3v) is 6.99. The summed E-state index contributed by atoms with van der Waals surface area (Å²) in [6.45, 7) is 0.176. The van der Waals surface area contributed by atoms with Gasteiger partial charge in [-0.2, -0.15) is 0 Å². The highest BCUT2D eigenvalue weighted by atomic mass is 16.5. The third kappa shape index (κ3) is 7.53. The van der Waals surface area contributed by atoms with E-state index in [0.717, 1.165) is 11.1 Å². The Morgan fingerprint density at radius 1 is 0.786 bits per heavy atom. The van der Waals surface area contributed by atoms with E-state index < -0.39 is 75.4 Å². The average Bonchev–Trinajstić information content (AvgIpc) is 2.96. The van der Waals surface area contributed by atoms with Crippen LogP contribution in [0.2, 0.25) is 0 Å². The van der Waals surface area contributed by atoms with E-state index in [1.165, 1.54) is 24.3 Å². The topological polar surface area (TPSA) is 221 Å². The maximum atomic E-state index is 13.1. The molecule has 3 amide bonds. The molecule has 0 aromatic heterocycles. The average molecular weight is 581 g/mol. The number of amides is 3. The van der Waals surface area contributed by atoms with Crippen molar-refractivity contribution in [2.45, 2.75) is 37.8 Å². The van der Waals surface area contributed by atoms with Gasteiger partial charge in [0.2, 0.25) is 5.91 Å². The number of aliphatic carboxylic acids is 2. The lowest BCUT2D eigenvalue weighted by atomic mass is 9.73. The molecule has 2 heterocycles. The van der Waals surface area contributed by atoms with E-state index in [-0.39, 0.29) is 11.1 Å². The minimum Gasteiger partial charge on any atom is -0.481 e. The number of benzene rings is 2. The summed E-state index contributed by atoms with van der Waals surface area (Å²) in [4.78, 5) is 61.8. The number of hydrogen-bond acceptors (Lipinski definition) is 9. The molecule has 220 valence electrons. The number of fused-ring (bicyclic) bond motifs is 2. The van der Waals surface area contributed by atoms with Crippen LogP contribution in [0.4, 0.5) is 0 Å². The van der Waals surface area contributed by atoms with Crippen LogP contribution in [0.3, 0.4) is 0 Å². The molecule has 0 saturated heterocycles. The van der Waals surface area contributed by atoms with Gasteiger partial charge in [0.25, 0.3) is 11.8 Å². The first-order chi connectivity index (χ1) is 20.0. The summed E-state index contributed by atoms with van der Waals surface area (Å²) >= 11 is 0. The predicted octanol–water partition coefficient (Wildman–Crippen LogP) is -2.83. The first-order valence-electron chi connectivity index (χ1n) is 13.2. The summed E-state index contributed by atoms with van der Waals surface area (Å²) in [5.74, 6) is -5.10. The molecule has 2 aliphatic rings. The summed E-state index contributed by atoms with van der Waals surface area (Å²) < 4.78 is 10.4. The lowest BCUT2D eigenvalue weighted by Crippen LogP contribution is -2.56. The molecule has 16 heteroatoms. The Hall–Kier alpha value is -4.24. The van der Waals surface area contributed by atoms with E-state index in [9.17, 15) is 39.1 Å². The van der Waals surface area contributed by atoms with Gasteiger partial charge in [0.15, 0.2) is 0 Å². The second-order valence-electron chi connectivity index (χ2n) is 9.84. The quantitative estimate of drug-likeness (QED) is 0.134. The Kier molecular flexibility index (Phi) is 9.96. The molecule has 2 aliphatic heterocycles. The second-order valence-corrected chi connectivity index (χ2v) is 9.84. The van der Waals surface area contributed by atoms with Crippen LogP contribution < -0.4 is 26.9 Å². The fourth-order valence-electron chi connectivity index (χ4n) is 4.67. The molecule has 0 aliphatic carbocycles. The number of carbonyl (C=O) groups excluding carboxylic acids is 3. The van der Waals surface area contributed by atoms with Crippen LogP contribution >= 0.6 is 0 Å². The minimum atomic E-state index is -1.57. The maximum absolute atomic E-state index is 13.1. The highest BCUT2D eigenvalue weighted by Crippen LogP contribution is 2.11. The minimum absolute atomic E-state index is 0.0757. The van der Waals surface area contributed by atoms with Crippen molar-refractivity contribution in [2.75, 3.05) is 19.8 Å². The number of carboxylic acid groups (broad SMARTS) is 2. The van der Waals surface area contributed by atoms with Crippen LogP contribution in [-0.2, 0) is 36.5 Å². The highest BCUT2D eigenvalue weighted by molar-refractivity contribution is 6.61. The van der Waals surface area contributed by atoms with Crippen LogP contribution in [0.1, 0.15) is 44.7 Å². The lowest BCUT2D eigenvalue weighted by molar-refractivity contribution is -0.143. The van der Waals surface area contributed by atoms with Gasteiger partial charge in [-0.15, -0.1) is 0 Å². The van der Waals surface area contributed by atoms with Gasteiger partial charge >= 0.3 is 26.2 Å². The van der Waals surface area contributed by atoms with Crippen molar-refractivity contribution in [3.8, 4) is 0 Å². The zero-order valence-corrected chi connectivity index (χ0v) is 22.4. The number of carboxylic acids is 2. The van der Waals surface area contributed by atoms with Crippen LogP contribution in [0.5, 0.6) is 0 Å². The second kappa shape index (κ2) is 13.6. The number of rotatable bonds is 11. The fourth-order valence-corrected chi connectivity index (χ4v) is 4.67. The Balaban J connectivity index is 1.51. The van der Waals surface area contributed by atoms with Crippen molar-refractivity contribution in [2.24, 2.45) is 0 Å². The first-order valence-corrected chi connectivity index (χ1v) is 13.2. The van der Waals surface area contributed by atoms with E-state index in [1.807, 2.05) is 0 Å². The molecule has 0 radical (unpaired) electrons. The van der Waals surface area contributed by atoms with Gasteiger partial charge < -0.3 is 45.5 Å². The van der Waals surface area contributed by atoms with Gasteiger partial charge in [-0.1, -0.05) is 12.1 Å². The molecule has 2 aromatic rings. The van der Waals surface area contributed by atoms with Crippen LogP contribution in [0.25, 0.3) is 0 Å². The van der Waals surface area contributed by atoms with E-state index in [1.54, 1.807) is 12.1 Å². The van der Waals surface area contributed by atoms with Crippen molar-refractivity contribution >= 4 is 54.8 Å². The lowest BCUT2D eigenvalue weighted by Gasteiger charge is -2.23. The Labute approximate surface area is 240 Å². The van der Waals surface area contributed by atoms with Gasteiger partial charge in [0.05, 0.1) is 0 Å². The van der Waals surface area contributed by atoms with Crippen molar-refractivity contribution in [3.63, 3.8) is 0 Å². The molecule has 2 atom stereocenters. The molecule has 42 heavy (non-hydrogen) atoms. The van der Waals surface area contributed by atoms with Crippen molar-refractivity contribution in [1.29, 1.82) is 0 Å². The fraction of sp³-hybridized carbons (Fsp3) is 0.346. The molecule has 0 unspecified atom stereocenters. The molecule has 2 aromatic carbocycles. The van der Waals surface area contributed by atoms with E-state index >= 15 is 0 Å². The molecule has 7 N–H and O–H groups in total. The summed E-state index contributed by atoms with van der Waals surface area (Å²) in [7, 11) is -2.43. The highest BCUT2D eigenvalue weighted by Gasteiger charge is 2.30. The monoisotopic (exact) mass is 581 g/mol. The molecular weight excluding hydrogens is 552 g/mol. The summed E-state index contributed by atoms with van der Waals surface area (Å²) in [5, 5.41) is 45.8. The molecular formula is C26H29B2N3O11. The zero-order chi connectivity index (χ0) is 30.4. The van der Waals surface area contributed by atoms with Gasteiger partial charge in [-0.05, 0) is 65.6 Å². The number of carbonyl (C=O) groups is 5. The maximum Gasteiger partial charge on any atom is 0.491 e. The van der Waals surface area contributed by atoms with E-state index in [2.05, 4.69) is 16.0 Å². The van der Waals surface area contributed by atoms with E-state index in [0.29, 0.717) is 37.0 Å².